The zero-order valence-corrected chi connectivity index (χ0v) is 17.6. The standard InChI is InChI=1S/C23H27N3O5/c1-29-19-11-21-20(30-15-31-21)10-18(19)25-22(27)14-26-9-5-8-17(13-26)23(28)24-12-16-6-3-2-4-7-16/h2-4,6-7,10-11,17H,5,8-9,12-15H2,1H3,(H,24,28)(H,25,27). The summed E-state index contributed by atoms with van der Waals surface area (Å²) in [6.07, 6.45) is 1.71. The summed E-state index contributed by atoms with van der Waals surface area (Å²) >= 11 is 0. The van der Waals surface area contributed by atoms with E-state index in [1.165, 1.54) is 7.11 Å². The Labute approximate surface area is 181 Å². The maximum Gasteiger partial charge on any atom is 0.238 e. The van der Waals surface area contributed by atoms with Gasteiger partial charge in [-0.05, 0) is 24.9 Å². The van der Waals surface area contributed by atoms with Crippen LogP contribution in [0.1, 0.15) is 18.4 Å². The molecule has 1 saturated heterocycles. The number of carbonyl (C=O) groups is 2. The largest absolute Gasteiger partial charge is 0.494 e. The average Bonchev–Trinajstić information content (AvgIpc) is 3.25. The molecule has 2 aliphatic rings. The quantitative estimate of drug-likeness (QED) is 0.708. The molecule has 0 aliphatic carbocycles. The van der Waals surface area contributed by atoms with Crippen molar-refractivity contribution in [2.24, 2.45) is 5.92 Å². The molecule has 0 spiro atoms. The summed E-state index contributed by atoms with van der Waals surface area (Å²) < 4.78 is 16.1. The van der Waals surface area contributed by atoms with Crippen LogP contribution in [-0.4, -0.2) is 50.3 Å². The number of carbonyl (C=O) groups excluding carboxylic acids is 2. The second-order valence-corrected chi connectivity index (χ2v) is 7.73. The molecular formula is C23H27N3O5. The van der Waals surface area contributed by atoms with Crippen molar-refractivity contribution in [3.8, 4) is 17.2 Å². The van der Waals surface area contributed by atoms with Gasteiger partial charge >= 0.3 is 0 Å². The summed E-state index contributed by atoms with van der Waals surface area (Å²) in [7, 11) is 1.54. The third-order valence-corrected chi connectivity index (χ3v) is 5.52. The van der Waals surface area contributed by atoms with Gasteiger partial charge < -0.3 is 24.8 Å². The molecule has 2 N–H and O–H groups in total. The number of nitrogens with zero attached hydrogens (tertiary/aromatic N) is 1. The van der Waals surface area contributed by atoms with Crippen LogP contribution < -0.4 is 24.8 Å². The molecule has 2 heterocycles. The van der Waals surface area contributed by atoms with E-state index in [4.69, 9.17) is 14.2 Å². The maximum atomic E-state index is 12.7. The molecule has 8 nitrogen and oxygen atoms in total. The highest BCUT2D eigenvalue weighted by molar-refractivity contribution is 5.94. The van der Waals surface area contributed by atoms with Gasteiger partial charge in [-0.3, -0.25) is 14.5 Å². The lowest BCUT2D eigenvalue weighted by Gasteiger charge is -2.31. The number of amides is 2. The first-order valence-electron chi connectivity index (χ1n) is 10.4. The average molecular weight is 425 g/mol. The Morgan fingerprint density at radius 2 is 1.94 bits per heavy atom. The van der Waals surface area contributed by atoms with Gasteiger partial charge in [-0.25, -0.2) is 0 Å². The number of anilines is 1. The van der Waals surface area contributed by atoms with Crippen molar-refractivity contribution in [1.82, 2.24) is 10.2 Å². The molecule has 0 bridgehead atoms. The van der Waals surface area contributed by atoms with Gasteiger partial charge in [0.1, 0.15) is 5.75 Å². The van der Waals surface area contributed by atoms with E-state index in [9.17, 15) is 9.59 Å². The molecule has 0 aromatic heterocycles. The number of rotatable bonds is 7. The summed E-state index contributed by atoms with van der Waals surface area (Å²) in [5.74, 6) is 1.42. The van der Waals surface area contributed by atoms with E-state index in [1.807, 2.05) is 35.2 Å². The Morgan fingerprint density at radius 3 is 2.71 bits per heavy atom. The molecule has 8 heteroatoms. The third-order valence-electron chi connectivity index (χ3n) is 5.52. The molecule has 4 rings (SSSR count). The van der Waals surface area contributed by atoms with Gasteiger partial charge in [0.15, 0.2) is 11.5 Å². The first-order chi connectivity index (χ1) is 15.1. The van der Waals surface area contributed by atoms with Crippen molar-refractivity contribution < 1.29 is 23.8 Å². The summed E-state index contributed by atoms with van der Waals surface area (Å²) in [6.45, 7) is 2.22. The molecule has 31 heavy (non-hydrogen) atoms. The Kier molecular flexibility index (Phi) is 6.57. The highest BCUT2D eigenvalue weighted by Gasteiger charge is 2.27. The fourth-order valence-corrected chi connectivity index (χ4v) is 3.93. The van der Waals surface area contributed by atoms with Crippen LogP contribution in [0.4, 0.5) is 5.69 Å². The van der Waals surface area contributed by atoms with Crippen LogP contribution in [0.2, 0.25) is 0 Å². The van der Waals surface area contributed by atoms with E-state index in [1.54, 1.807) is 12.1 Å². The van der Waals surface area contributed by atoms with Crippen molar-refractivity contribution in [2.45, 2.75) is 19.4 Å². The van der Waals surface area contributed by atoms with Gasteiger partial charge in [-0.1, -0.05) is 30.3 Å². The number of fused-ring (bicyclic) bond motifs is 1. The lowest BCUT2D eigenvalue weighted by Crippen LogP contribution is -2.45. The van der Waals surface area contributed by atoms with E-state index in [0.29, 0.717) is 36.0 Å². The fourth-order valence-electron chi connectivity index (χ4n) is 3.93. The summed E-state index contributed by atoms with van der Waals surface area (Å²) in [5.41, 5.74) is 1.60. The Morgan fingerprint density at radius 1 is 1.16 bits per heavy atom. The fraction of sp³-hybridized carbons (Fsp3) is 0.391. The van der Waals surface area contributed by atoms with E-state index < -0.39 is 0 Å². The van der Waals surface area contributed by atoms with E-state index in [2.05, 4.69) is 10.6 Å². The number of benzene rings is 2. The maximum absolute atomic E-state index is 12.7. The third kappa shape index (κ3) is 5.27. The zero-order chi connectivity index (χ0) is 21.6. The van der Waals surface area contributed by atoms with E-state index in [0.717, 1.165) is 24.9 Å². The lowest BCUT2D eigenvalue weighted by atomic mass is 9.97. The molecule has 1 fully saturated rings. The highest BCUT2D eigenvalue weighted by Crippen LogP contribution is 2.40. The van der Waals surface area contributed by atoms with Gasteiger partial charge in [0.25, 0.3) is 0 Å². The summed E-state index contributed by atoms with van der Waals surface area (Å²) in [6, 6.07) is 13.2. The lowest BCUT2D eigenvalue weighted by molar-refractivity contribution is -0.128. The van der Waals surface area contributed by atoms with Crippen LogP contribution in [0.15, 0.2) is 42.5 Å². The Bertz CT molecular complexity index is 934. The molecule has 2 amide bonds. The Hall–Kier alpha value is -3.26. The molecule has 2 aliphatic heterocycles. The van der Waals surface area contributed by atoms with Gasteiger partial charge in [0, 0.05) is 25.2 Å². The van der Waals surface area contributed by atoms with Gasteiger partial charge in [0.2, 0.25) is 18.6 Å². The van der Waals surface area contributed by atoms with Crippen LogP contribution in [0.5, 0.6) is 17.2 Å². The smallest absolute Gasteiger partial charge is 0.238 e. The normalized spacial score (nSPS) is 17.8. The van der Waals surface area contributed by atoms with Crippen LogP contribution in [0, 0.1) is 5.92 Å². The molecule has 2 aromatic rings. The molecule has 1 atom stereocenters. The minimum atomic E-state index is -0.164. The first kappa shape index (κ1) is 21.0. The molecule has 164 valence electrons. The predicted molar refractivity (Wildman–Crippen MR) is 115 cm³/mol. The second kappa shape index (κ2) is 9.70. The summed E-state index contributed by atoms with van der Waals surface area (Å²) in [4.78, 5) is 27.3. The van der Waals surface area contributed by atoms with Crippen molar-refractivity contribution in [3.63, 3.8) is 0 Å². The van der Waals surface area contributed by atoms with Crippen molar-refractivity contribution in [3.05, 3.63) is 48.0 Å². The molecule has 1 unspecified atom stereocenters. The number of likely N-dealkylation sites (tertiary alicyclic amines) is 1. The van der Waals surface area contributed by atoms with Crippen molar-refractivity contribution >= 4 is 17.5 Å². The van der Waals surface area contributed by atoms with E-state index in [-0.39, 0.29) is 31.1 Å². The molecule has 0 saturated carbocycles. The van der Waals surface area contributed by atoms with Crippen LogP contribution in [-0.2, 0) is 16.1 Å². The predicted octanol–water partition coefficient (Wildman–Crippen LogP) is 2.39. The number of methoxy groups -OCH3 is 1. The number of hydrogen-bond donors (Lipinski definition) is 2. The van der Waals surface area contributed by atoms with Crippen LogP contribution in [0.25, 0.3) is 0 Å². The molecular weight excluding hydrogens is 398 g/mol. The highest BCUT2D eigenvalue weighted by atomic mass is 16.7. The molecule has 0 radical (unpaired) electrons. The van der Waals surface area contributed by atoms with Gasteiger partial charge in [0.05, 0.1) is 25.3 Å². The number of hydrogen-bond acceptors (Lipinski definition) is 6. The SMILES string of the molecule is COc1cc2c(cc1NC(=O)CN1CCCC(C(=O)NCc3ccccc3)C1)OCO2. The van der Waals surface area contributed by atoms with E-state index >= 15 is 0 Å². The Balaban J connectivity index is 1.30. The van der Waals surface area contributed by atoms with Crippen molar-refractivity contribution in [1.29, 1.82) is 0 Å². The number of ether oxygens (including phenoxy) is 3. The minimum Gasteiger partial charge on any atom is -0.494 e. The topological polar surface area (TPSA) is 89.1 Å². The van der Waals surface area contributed by atoms with Crippen LogP contribution >= 0.6 is 0 Å². The molecule has 2 aromatic carbocycles. The van der Waals surface area contributed by atoms with Crippen molar-refractivity contribution in [2.75, 3.05) is 38.9 Å². The summed E-state index contributed by atoms with van der Waals surface area (Å²) in [5, 5.41) is 5.90. The van der Waals surface area contributed by atoms with Gasteiger partial charge in [-0.15, -0.1) is 0 Å². The minimum absolute atomic E-state index is 0.0337. The number of piperidine rings is 1. The second-order valence-electron chi connectivity index (χ2n) is 7.73. The monoisotopic (exact) mass is 425 g/mol. The van der Waals surface area contributed by atoms with Crippen LogP contribution in [0.3, 0.4) is 0 Å². The zero-order valence-electron chi connectivity index (χ0n) is 17.6. The first-order valence-corrected chi connectivity index (χ1v) is 10.4. The number of nitrogens with one attached hydrogen (secondary N) is 2. The van der Waals surface area contributed by atoms with Gasteiger partial charge in [-0.2, -0.15) is 0 Å².